The average molecular weight is 765 g/mol. The molecule has 0 saturated carbocycles. The fraction of sp³-hybridized carbons (Fsp3) is 0.698. The number of esters is 2. The number of hydrogen-bond donors (Lipinski definition) is 2. The Labute approximate surface area is 322 Å². The lowest BCUT2D eigenvalue weighted by atomic mass is 10.1. The van der Waals surface area contributed by atoms with Gasteiger partial charge in [0.15, 0.2) is 11.9 Å². The lowest BCUT2D eigenvalue weighted by Gasteiger charge is -2.18. The van der Waals surface area contributed by atoms with Crippen LogP contribution in [0.3, 0.4) is 0 Å². The van der Waals surface area contributed by atoms with Crippen LogP contribution in [0.2, 0.25) is 0 Å². The molecule has 0 aromatic rings. The van der Waals surface area contributed by atoms with Crippen LogP contribution in [0, 0.1) is 0 Å². The van der Waals surface area contributed by atoms with Crippen LogP contribution < -0.4 is 0 Å². The first-order valence-electron chi connectivity index (χ1n) is 20.5. The number of rotatable bonds is 37. The van der Waals surface area contributed by atoms with Crippen molar-refractivity contribution >= 4 is 25.5 Å². The SMILES string of the molecule is CCCCCCCC/C=C\CCCCCCCCCC(=O)O[C@H](COC(=O)CCC/C=C\C/C=C\C/C=C\C=C\C(=O)CCCCC)COP(=O)(O)O. The van der Waals surface area contributed by atoms with Crippen molar-refractivity contribution in [2.75, 3.05) is 13.2 Å². The van der Waals surface area contributed by atoms with Crippen molar-refractivity contribution in [2.24, 2.45) is 0 Å². The molecule has 0 heterocycles. The fourth-order valence-corrected chi connectivity index (χ4v) is 5.73. The molecule has 0 aliphatic rings. The van der Waals surface area contributed by atoms with Gasteiger partial charge in [0.25, 0.3) is 0 Å². The lowest BCUT2D eigenvalue weighted by Crippen LogP contribution is -2.29. The molecule has 0 bridgehead atoms. The number of phosphoric ester groups is 1. The first kappa shape index (κ1) is 50.4. The van der Waals surface area contributed by atoms with E-state index >= 15 is 0 Å². The topological polar surface area (TPSA) is 136 Å². The molecule has 0 radical (unpaired) electrons. The molecule has 0 aromatic heterocycles. The van der Waals surface area contributed by atoms with E-state index in [1.54, 1.807) is 12.2 Å². The van der Waals surface area contributed by atoms with E-state index in [9.17, 15) is 18.9 Å². The van der Waals surface area contributed by atoms with Crippen LogP contribution in [-0.2, 0) is 32.9 Å². The molecular weight excluding hydrogens is 691 g/mol. The lowest BCUT2D eigenvalue weighted by molar-refractivity contribution is -0.161. The minimum Gasteiger partial charge on any atom is -0.462 e. The van der Waals surface area contributed by atoms with Gasteiger partial charge >= 0.3 is 19.8 Å². The second kappa shape index (κ2) is 37.7. The molecule has 53 heavy (non-hydrogen) atoms. The molecule has 0 spiro atoms. The van der Waals surface area contributed by atoms with Crippen LogP contribution in [0.4, 0.5) is 0 Å². The Hall–Kier alpha value is -2.58. The minimum absolute atomic E-state index is 0.162. The summed E-state index contributed by atoms with van der Waals surface area (Å²) in [6, 6.07) is 0. The standard InChI is InChI=1S/C43H73O9P/c1-3-5-7-8-9-10-11-12-13-14-15-16-19-23-26-29-33-37-43(46)52-41(39-51-53(47,48)49)38-50-42(45)36-32-28-25-22-20-17-18-21-24-27-31-35-40(44)34-30-6-4-2/h12-13,17-18,22,24-25,27,31,35,41H,3-11,14-16,19-21,23,26,28-30,32-34,36-39H2,1-2H3,(H2,47,48,49)/b13-12-,18-17-,25-22-,27-24-,35-31+/t41-/m1/s1. The van der Waals surface area contributed by atoms with Gasteiger partial charge in [-0.15, -0.1) is 0 Å². The van der Waals surface area contributed by atoms with Crippen LogP contribution in [0.1, 0.15) is 174 Å². The third-order valence-corrected chi connectivity index (χ3v) is 8.97. The zero-order valence-corrected chi connectivity index (χ0v) is 34.0. The van der Waals surface area contributed by atoms with Crippen molar-refractivity contribution in [3.05, 3.63) is 60.8 Å². The minimum atomic E-state index is -4.78. The van der Waals surface area contributed by atoms with E-state index in [4.69, 9.17) is 19.3 Å². The largest absolute Gasteiger partial charge is 0.469 e. The van der Waals surface area contributed by atoms with Crippen LogP contribution in [0.15, 0.2) is 60.8 Å². The predicted octanol–water partition coefficient (Wildman–Crippen LogP) is 11.7. The van der Waals surface area contributed by atoms with Gasteiger partial charge in [-0.3, -0.25) is 18.9 Å². The summed E-state index contributed by atoms with van der Waals surface area (Å²) >= 11 is 0. The van der Waals surface area contributed by atoms with Crippen molar-refractivity contribution < 1.29 is 42.7 Å². The number of phosphoric acid groups is 1. The van der Waals surface area contributed by atoms with E-state index in [0.29, 0.717) is 25.7 Å². The van der Waals surface area contributed by atoms with Crippen molar-refractivity contribution in [1.29, 1.82) is 0 Å². The van der Waals surface area contributed by atoms with Gasteiger partial charge < -0.3 is 19.3 Å². The fourth-order valence-electron chi connectivity index (χ4n) is 5.37. The van der Waals surface area contributed by atoms with Gasteiger partial charge in [0, 0.05) is 19.3 Å². The maximum absolute atomic E-state index is 12.4. The highest BCUT2D eigenvalue weighted by atomic mass is 31.2. The van der Waals surface area contributed by atoms with Crippen molar-refractivity contribution in [2.45, 2.75) is 180 Å². The summed E-state index contributed by atoms with van der Waals surface area (Å²) in [5.74, 6) is -0.826. The molecule has 10 heteroatoms. The molecular formula is C43H73O9P. The Bertz CT molecular complexity index is 1100. The van der Waals surface area contributed by atoms with Crippen molar-refractivity contribution in [1.82, 2.24) is 0 Å². The summed E-state index contributed by atoms with van der Waals surface area (Å²) in [6.45, 7) is 3.46. The first-order chi connectivity index (χ1) is 25.7. The number of carbonyl (C=O) groups excluding carboxylic acids is 3. The van der Waals surface area contributed by atoms with Gasteiger partial charge in [0.05, 0.1) is 6.61 Å². The summed E-state index contributed by atoms with van der Waals surface area (Å²) in [5, 5.41) is 0. The quantitative estimate of drug-likeness (QED) is 0.0158. The van der Waals surface area contributed by atoms with Crippen molar-refractivity contribution in [3.63, 3.8) is 0 Å². The third kappa shape index (κ3) is 40.4. The summed E-state index contributed by atoms with van der Waals surface area (Å²) < 4.78 is 26.3. The highest BCUT2D eigenvalue weighted by Gasteiger charge is 2.22. The number of hydrogen-bond acceptors (Lipinski definition) is 7. The Balaban J connectivity index is 4.08. The molecule has 0 aromatic carbocycles. The van der Waals surface area contributed by atoms with Crippen LogP contribution >= 0.6 is 7.82 Å². The molecule has 0 fully saturated rings. The van der Waals surface area contributed by atoms with Gasteiger partial charge in [-0.1, -0.05) is 146 Å². The summed E-state index contributed by atoms with van der Waals surface area (Å²) in [6.07, 6.45) is 43.5. The molecule has 2 N–H and O–H groups in total. The molecule has 1 atom stereocenters. The van der Waals surface area contributed by atoms with Crippen LogP contribution in [-0.4, -0.2) is 46.8 Å². The third-order valence-electron chi connectivity index (χ3n) is 8.49. The van der Waals surface area contributed by atoms with Crippen molar-refractivity contribution in [3.8, 4) is 0 Å². The first-order valence-corrected chi connectivity index (χ1v) is 22.1. The van der Waals surface area contributed by atoms with Gasteiger partial charge in [-0.05, 0) is 70.3 Å². The van der Waals surface area contributed by atoms with E-state index in [1.165, 1.54) is 64.2 Å². The van der Waals surface area contributed by atoms with Crippen LogP contribution in [0.25, 0.3) is 0 Å². The molecule has 0 unspecified atom stereocenters. The number of allylic oxidation sites excluding steroid dienone is 10. The monoisotopic (exact) mass is 764 g/mol. The molecule has 0 amide bonds. The number of ether oxygens (including phenoxy) is 2. The van der Waals surface area contributed by atoms with Crippen LogP contribution in [0.5, 0.6) is 0 Å². The average Bonchev–Trinajstić information content (AvgIpc) is 3.12. The normalized spacial score (nSPS) is 13.0. The molecule has 0 aliphatic heterocycles. The van der Waals surface area contributed by atoms with Gasteiger partial charge in [-0.25, -0.2) is 4.57 Å². The van der Waals surface area contributed by atoms with E-state index in [-0.39, 0.29) is 25.2 Å². The Morgan fingerprint density at radius 3 is 1.68 bits per heavy atom. The molecule has 304 valence electrons. The van der Waals surface area contributed by atoms with Gasteiger partial charge in [0.2, 0.25) is 0 Å². The zero-order chi connectivity index (χ0) is 39.1. The van der Waals surface area contributed by atoms with E-state index in [1.807, 2.05) is 30.4 Å². The Morgan fingerprint density at radius 2 is 1.04 bits per heavy atom. The second-order valence-electron chi connectivity index (χ2n) is 13.6. The van der Waals surface area contributed by atoms with Gasteiger partial charge in [0.1, 0.15) is 6.61 Å². The van der Waals surface area contributed by atoms with E-state index in [2.05, 4.69) is 36.6 Å². The summed E-state index contributed by atoms with van der Waals surface area (Å²) in [7, 11) is -4.78. The predicted molar refractivity (Wildman–Crippen MR) is 216 cm³/mol. The molecule has 9 nitrogen and oxygen atoms in total. The number of carbonyl (C=O) groups is 3. The number of unbranched alkanes of at least 4 members (excludes halogenated alkanes) is 16. The molecule has 0 aliphatic carbocycles. The number of ketones is 1. The van der Waals surface area contributed by atoms with E-state index in [0.717, 1.165) is 57.8 Å². The molecule has 0 rings (SSSR count). The zero-order valence-electron chi connectivity index (χ0n) is 33.1. The van der Waals surface area contributed by atoms with Gasteiger partial charge in [-0.2, -0.15) is 0 Å². The molecule has 0 saturated heterocycles. The highest BCUT2D eigenvalue weighted by molar-refractivity contribution is 7.46. The van der Waals surface area contributed by atoms with E-state index < -0.39 is 32.5 Å². The highest BCUT2D eigenvalue weighted by Crippen LogP contribution is 2.36. The maximum atomic E-state index is 12.4. The Morgan fingerprint density at radius 1 is 0.547 bits per heavy atom. The smallest absolute Gasteiger partial charge is 0.462 e. The second-order valence-corrected chi connectivity index (χ2v) is 14.9. The Kier molecular flexibility index (Phi) is 35.9. The maximum Gasteiger partial charge on any atom is 0.469 e. The summed E-state index contributed by atoms with van der Waals surface area (Å²) in [4.78, 5) is 54.5. The summed E-state index contributed by atoms with van der Waals surface area (Å²) in [5.41, 5.74) is 0.